The second-order valence-corrected chi connectivity index (χ2v) is 5.97. The maximum atomic E-state index is 11.5. The standard InChI is InChI=1S/C15H20ClNO3/c1-11(12-3-5-13(16)6-4-12)17(2)9-15(14(18)19)7-8-20-10-15/h3-6,11H,7-10H2,1-2H3,(H,18,19). The van der Waals surface area contributed by atoms with Crippen molar-refractivity contribution in [1.29, 1.82) is 0 Å². The minimum atomic E-state index is -0.782. The molecule has 2 atom stereocenters. The lowest BCUT2D eigenvalue weighted by molar-refractivity contribution is -0.150. The van der Waals surface area contributed by atoms with Crippen LogP contribution in [0.4, 0.5) is 0 Å². The molecule has 2 unspecified atom stereocenters. The van der Waals surface area contributed by atoms with Crippen molar-refractivity contribution in [3.63, 3.8) is 0 Å². The molecule has 1 aliphatic heterocycles. The summed E-state index contributed by atoms with van der Waals surface area (Å²) in [6, 6.07) is 7.79. The minimum Gasteiger partial charge on any atom is -0.481 e. The summed E-state index contributed by atoms with van der Waals surface area (Å²) in [6.07, 6.45) is 0.569. The van der Waals surface area contributed by atoms with Gasteiger partial charge in [-0.05, 0) is 38.1 Å². The molecule has 0 aliphatic carbocycles. The molecular weight excluding hydrogens is 278 g/mol. The molecule has 0 amide bonds. The van der Waals surface area contributed by atoms with Crippen LogP contribution >= 0.6 is 11.6 Å². The van der Waals surface area contributed by atoms with E-state index in [1.807, 2.05) is 31.3 Å². The van der Waals surface area contributed by atoms with E-state index in [9.17, 15) is 9.90 Å². The van der Waals surface area contributed by atoms with Gasteiger partial charge in [0.1, 0.15) is 5.41 Å². The van der Waals surface area contributed by atoms with Crippen molar-refractivity contribution in [2.45, 2.75) is 19.4 Å². The molecule has 110 valence electrons. The summed E-state index contributed by atoms with van der Waals surface area (Å²) in [5, 5.41) is 10.2. The number of halogens is 1. The Morgan fingerprint density at radius 1 is 1.50 bits per heavy atom. The fourth-order valence-corrected chi connectivity index (χ4v) is 2.70. The zero-order chi connectivity index (χ0) is 14.8. The van der Waals surface area contributed by atoms with Crippen molar-refractivity contribution >= 4 is 17.6 Å². The number of hydrogen-bond donors (Lipinski definition) is 1. The van der Waals surface area contributed by atoms with Crippen LogP contribution in [0.25, 0.3) is 0 Å². The highest BCUT2D eigenvalue weighted by atomic mass is 35.5. The Kier molecular flexibility index (Phi) is 4.68. The smallest absolute Gasteiger partial charge is 0.313 e. The average Bonchev–Trinajstić information content (AvgIpc) is 2.88. The first-order chi connectivity index (χ1) is 9.44. The summed E-state index contributed by atoms with van der Waals surface area (Å²) >= 11 is 5.89. The zero-order valence-electron chi connectivity index (χ0n) is 11.8. The van der Waals surface area contributed by atoms with Crippen molar-refractivity contribution in [2.24, 2.45) is 5.41 Å². The highest BCUT2D eigenvalue weighted by Gasteiger charge is 2.43. The fraction of sp³-hybridized carbons (Fsp3) is 0.533. The molecule has 5 heteroatoms. The number of carbonyl (C=O) groups is 1. The van der Waals surface area contributed by atoms with Gasteiger partial charge in [-0.1, -0.05) is 23.7 Å². The quantitative estimate of drug-likeness (QED) is 0.908. The van der Waals surface area contributed by atoms with Crippen molar-refractivity contribution in [3.8, 4) is 0 Å². The summed E-state index contributed by atoms with van der Waals surface area (Å²) in [7, 11) is 1.95. The Labute approximate surface area is 124 Å². The molecule has 1 saturated heterocycles. The fourth-order valence-electron chi connectivity index (χ4n) is 2.58. The number of carboxylic acid groups (broad SMARTS) is 1. The maximum absolute atomic E-state index is 11.5. The van der Waals surface area contributed by atoms with Crippen LogP contribution in [0, 0.1) is 5.41 Å². The molecule has 1 aliphatic rings. The van der Waals surface area contributed by atoms with Crippen LogP contribution < -0.4 is 0 Å². The molecule has 0 aromatic heterocycles. The predicted molar refractivity (Wildman–Crippen MR) is 78.0 cm³/mol. The molecule has 0 bridgehead atoms. The third-order valence-electron chi connectivity index (χ3n) is 4.12. The maximum Gasteiger partial charge on any atom is 0.313 e. The topological polar surface area (TPSA) is 49.8 Å². The Hall–Kier alpha value is -1.10. The second kappa shape index (κ2) is 6.12. The Balaban J connectivity index is 2.08. The van der Waals surface area contributed by atoms with Gasteiger partial charge < -0.3 is 9.84 Å². The van der Waals surface area contributed by atoms with E-state index in [4.69, 9.17) is 16.3 Å². The lowest BCUT2D eigenvalue weighted by atomic mass is 9.86. The first kappa shape index (κ1) is 15.3. The highest BCUT2D eigenvalue weighted by molar-refractivity contribution is 6.30. The second-order valence-electron chi connectivity index (χ2n) is 5.53. The molecule has 0 saturated carbocycles. The molecule has 4 nitrogen and oxygen atoms in total. The molecule has 1 aromatic rings. The van der Waals surface area contributed by atoms with Gasteiger partial charge in [-0.3, -0.25) is 9.69 Å². The zero-order valence-corrected chi connectivity index (χ0v) is 12.6. The van der Waals surface area contributed by atoms with Crippen LogP contribution in [0.1, 0.15) is 24.9 Å². The highest BCUT2D eigenvalue weighted by Crippen LogP contribution is 2.32. The summed E-state index contributed by atoms with van der Waals surface area (Å²) < 4.78 is 5.30. The van der Waals surface area contributed by atoms with Crippen LogP contribution in [0.3, 0.4) is 0 Å². The molecule has 1 fully saturated rings. The average molecular weight is 298 g/mol. The number of carboxylic acids is 1. The van der Waals surface area contributed by atoms with E-state index in [1.165, 1.54) is 0 Å². The van der Waals surface area contributed by atoms with Crippen LogP contribution in [0.2, 0.25) is 5.02 Å². The predicted octanol–water partition coefficient (Wildman–Crippen LogP) is 2.82. The number of hydrogen-bond acceptors (Lipinski definition) is 3. The summed E-state index contributed by atoms with van der Waals surface area (Å²) in [5.74, 6) is -0.773. The summed E-state index contributed by atoms with van der Waals surface area (Å²) in [4.78, 5) is 13.6. The van der Waals surface area contributed by atoms with Gasteiger partial charge in [0.15, 0.2) is 0 Å². The van der Waals surface area contributed by atoms with Crippen molar-refractivity contribution in [3.05, 3.63) is 34.9 Å². The monoisotopic (exact) mass is 297 g/mol. The van der Waals surface area contributed by atoms with Crippen molar-refractivity contribution in [2.75, 3.05) is 26.8 Å². The number of benzene rings is 1. The Bertz CT molecular complexity index is 469. The molecular formula is C15H20ClNO3. The van der Waals surface area contributed by atoms with E-state index in [0.29, 0.717) is 31.2 Å². The first-order valence-corrected chi connectivity index (χ1v) is 7.09. The van der Waals surface area contributed by atoms with Crippen LogP contribution in [-0.2, 0) is 9.53 Å². The van der Waals surface area contributed by atoms with Crippen LogP contribution in [-0.4, -0.2) is 42.8 Å². The van der Waals surface area contributed by atoms with Gasteiger partial charge in [-0.15, -0.1) is 0 Å². The third-order valence-corrected chi connectivity index (χ3v) is 4.37. The van der Waals surface area contributed by atoms with Crippen molar-refractivity contribution < 1.29 is 14.6 Å². The molecule has 1 N–H and O–H groups in total. The Morgan fingerprint density at radius 3 is 2.65 bits per heavy atom. The summed E-state index contributed by atoms with van der Waals surface area (Å²) in [5.41, 5.74) is 0.339. The number of nitrogens with zero attached hydrogens (tertiary/aromatic N) is 1. The van der Waals surface area contributed by atoms with Gasteiger partial charge >= 0.3 is 5.97 Å². The summed E-state index contributed by atoms with van der Waals surface area (Å²) in [6.45, 7) is 3.36. The minimum absolute atomic E-state index is 0.129. The molecule has 20 heavy (non-hydrogen) atoms. The molecule has 0 radical (unpaired) electrons. The van der Waals surface area contributed by atoms with Gasteiger partial charge in [-0.25, -0.2) is 0 Å². The van der Waals surface area contributed by atoms with Gasteiger partial charge in [-0.2, -0.15) is 0 Å². The van der Waals surface area contributed by atoms with Gasteiger partial charge in [0.2, 0.25) is 0 Å². The van der Waals surface area contributed by atoms with Gasteiger partial charge in [0.25, 0.3) is 0 Å². The molecule has 1 heterocycles. The normalized spacial score (nSPS) is 24.0. The van der Waals surface area contributed by atoms with E-state index < -0.39 is 11.4 Å². The van der Waals surface area contributed by atoms with Crippen LogP contribution in [0.15, 0.2) is 24.3 Å². The van der Waals surface area contributed by atoms with E-state index in [1.54, 1.807) is 0 Å². The Morgan fingerprint density at radius 2 is 2.15 bits per heavy atom. The van der Waals surface area contributed by atoms with E-state index >= 15 is 0 Å². The molecule has 0 spiro atoms. The first-order valence-electron chi connectivity index (χ1n) is 6.71. The number of aliphatic carboxylic acids is 1. The largest absolute Gasteiger partial charge is 0.481 e. The lowest BCUT2D eigenvalue weighted by Crippen LogP contribution is -2.43. The van der Waals surface area contributed by atoms with Gasteiger partial charge in [0.05, 0.1) is 6.61 Å². The van der Waals surface area contributed by atoms with Crippen molar-refractivity contribution in [1.82, 2.24) is 4.90 Å². The number of rotatable bonds is 5. The van der Waals surface area contributed by atoms with E-state index in [2.05, 4.69) is 11.8 Å². The lowest BCUT2D eigenvalue weighted by Gasteiger charge is -2.32. The van der Waals surface area contributed by atoms with E-state index in [-0.39, 0.29) is 6.04 Å². The molecule has 2 rings (SSSR count). The number of ether oxygens (including phenoxy) is 1. The SMILES string of the molecule is CC(c1ccc(Cl)cc1)N(C)CC1(C(=O)O)CCOC1. The molecule has 1 aromatic carbocycles. The van der Waals surface area contributed by atoms with Gasteiger partial charge in [0, 0.05) is 24.2 Å². The van der Waals surface area contributed by atoms with Crippen LogP contribution in [0.5, 0.6) is 0 Å². The third kappa shape index (κ3) is 3.14. The van der Waals surface area contributed by atoms with E-state index in [0.717, 1.165) is 5.56 Å².